The van der Waals surface area contributed by atoms with E-state index in [-0.39, 0.29) is 36.1 Å². The number of unbranched alkanes of at least 4 members (excludes halogenated alkanes) is 13. The van der Waals surface area contributed by atoms with Gasteiger partial charge in [-0.2, -0.15) is 0 Å². The minimum atomic E-state index is -0.275. The number of nitrogens with zero attached hydrogens (tertiary/aromatic N) is 1. The summed E-state index contributed by atoms with van der Waals surface area (Å²) in [6.45, 7) is 7.39. The first kappa shape index (κ1) is 35.9. The first-order valence-electron chi connectivity index (χ1n) is 14.8. The molecule has 1 aliphatic rings. The third kappa shape index (κ3) is 23.0. The van der Waals surface area contributed by atoms with Gasteiger partial charge in [0.25, 0.3) is 0 Å². The number of alkyl carbamates (subject to hydrolysis) is 1. The number of nitrogens with one attached hydrogen (secondary N) is 1. The third-order valence-corrected chi connectivity index (χ3v) is 7.52. The van der Waals surface area contributed by atoms with E-state index in [1.54, 1.807) is 0 Å². The lowest BCUT2D eigenvalue weighted by Crippen LogP contribution is -2.35. The van der Waals surface area contributed by atoms with Gasteiger partial charge < -0.3 is 19.7 Å². The number of hydrogen-bond acceptors (Lipinski definition) is 5. The van der Waals surface area contributed by atoms with Crippen LogP contribution < -0.4 is 5.32 Å². The standard InChI is InChI=1S/C29H56N2O3S.HI/c1-3-5-6-7-8-9-10-11-12-13-14-15-16-20-28(4-2)30-29(32)34-25-19-24-33-23-18-17-21-31-22-26-35-27-31;/h22,26,28H,3-21,23-25,27H2,1-2H3,(H,30,32);1H. The van der Waals surface area contributed by atoms with Gasteiger partial charge in [0.15, 0.2) is 0 Å². The maximum Gasteiger partial charge on any atom is 0.407 e. The average Bonchev–Trinajstić information content (AvgIpc) is 3.38. The Hall–Kier alpha value is -0.150. The summed E-state index contributed by atoms with van der Waals surface area (Å²) in [6, 6.07) is 0.232. The van der Waals surface area contributed by atoms with Crippen molar-refractivity contribution in [2.24, 2.45) is 0 Å². The highest BCUT2D eigenvalue weighted by Gasteiger charge is 2.11. The summed E-state index contributed by atoms with van der Waals surface area (Å²) in [7, 11) is 0. The molecule has 0 spiro atoms. The van der Waals surface area contributed by atoms with Crippen LogP contribution in [0.25, 0.3) is 0 Å². The molecule has 0 radical (unpaired) electrons. The molecule has 0 aromatic carbocycles. The van der Waals surface area contributed by atoms with Crippen molar-refractivity contribution in [3.05, 3.63) is 11.6 Å². The normalized spacial score (nSPS) is 13.6. The molecule has 214 valence electrons. The van der Waals surface area contributed by atoms with E-state index in [9.17, 15) is 4.79 Å². The summed E-state index contributed by atoms with van der Waals surface area (Å²) < 4.78 is 11.0. The van der Waals surface area contributed by atoms with Gasteiger partial charge in [-0.05, 0) is 31.1 Å². The number of halogens is 1. The summed E-state index contributed by atoms with van der Waals surface area (Å²) in [5.41, 5.74) is 0. The van der Waals surface area contributed by atoms with Crippen LogP contribution in [-0.4, -0.2) is 49.3 Å². The zero-order valence-electron chi connectivity index (χ0n) is 23.5. The summed E-state index contributed by atoms with van der Waals surface area (Å²) in [5, 5.41) is 5.19. The predicted molar refractivity (Wildman–Crippen MR) is 167 cm³/mol. The Labute approximate surface area is 244 Å². The molecule has 0 saturated carbocycles. The van der Waals surface area contributed by atoms with Crippen molar-refractivity contribution in [1.29, 1.82) is 0 Å². The molecule has 5 nitrogen and oxygen atoms in total. The van der Waals surface area contributed by atoms with Gasteiger partial charge >= 0.3 is 6.09 Å². The zero-order valence-corrected chi connectivity index (χ0v) is 26.6. The van der Waals surface area contributed by atoms with Crippen LogP contribution in [0.3, 0.4) is 0 Å². The van der Waals surface area contributed by atoms with E-state index in [0.29, 0.717) is 13.2 Å². The third-order valence-electron chi connectivity index (χ3n) is 6.73. The molecule has 0 aromatic rings. The molecule has 1 aliphatic heterocycles. The summed E-state index contributed by atoms with van der Waals surface area (Å²) in [4.78, 5) is 14.4. The van der Waals surface area contributed by atoms with E-state index in [1.165, 1.54) is 83.5 Å². The Bertz CT molecular complexity index is 511. The first-order valence-corrected chi connectivity index (χ1v) is 15.8. The summed E-state index contributed by atoms with van der Waals surface area (Å²) >= 11 is 1.84. The molecule has 36 heavy (non-hydrogen) atoms. The van der Waals surface area contributed by atoms with Crippen molar-refractivity contribution in [1.82, 2.24) is 10.2 Å². The Kier molecular flexibility index (Phi) is 27.8. The van der Waals surface area contributed by atoms with Gasteiger partial charge in [0, 0.05) is 38.4 Å². The van der Waals surface area contributed by atoms with Gasteiger partial charge in [-0.1, -0.05) is 97.3 Å². The lowest BCUT2D eigenvalue weighted by molar-refractivity contribution is 0.0966. The zero-order chi connectivity index (χ0) is 25.2. The lowest BCUT2D eigenvalue weighted by Gasteiger charge is -2.17. The SMILES string of the molecule is CCCCCCCCCCCCCCCC(CC)NC(=O)OCCCOCCCCN1C=CSC1.I. The molecule has 0 bridgehead atoms. The van der Waals surface area contributed by atoms with E-state index in [4.69, 9.17) is 9.47 Å². The van der Waals surface area contributed by atoms with Crippen molar-refractivity contribution >= 4 is 41.8 Å². The summed E-state index contributed by atoms with van der Waals surface area (Å²) in [5.74, 6) is 1.08. The molecule has 0 aliphatic carbocycles. The second-order valence-electron chi connectivity index (χ2n) is 9.98. The van der Waals surface area contributed by atoms with E-state index in [2.05, 4.69) is 35.7 Å². The number of carbonyl (C=O) groups is 1. The molecule has 1 rings (SSSR count). The number of thioether (sulfide) groups is 1. The molecule has 7 heteroatoms. The minimum absolute atomic E-state index is 0. The van der Waals surface area contributed by atoms with Crippen molar-refractivity contribution in [2.45, 2.75) is 135 Å². The lowest BCUT2D eigenvalue weighted by atomic mass is 10.0. The van der Waals surface area contributed by atoms with Crippen LogP contribution in [0, 0.1) is 0 Å². The molecule has 1 amide bonds. The van der Waals surface area contributed by atoms with Crippen LogP contribution in [0.2, 0.25) is 0 Å². The molecular weight excluding hydrogens is 583 g/mol. The van der Waals surface area contributed by atoms with Crippen LogP contribution in [0.5, 0.6) is 0 Å². The number of rotatable bonds is 25. The van der Waals surface area contributed by atoms with E-state index < -0.39 is 0 Å². The summed E-state index contributed by atoms with van der Waals surface area (Å²) in [6.07, 6.45) is 24.7. The smallest absolute Gasteiger partial charge is 0.407 e. The van der Waals surface area contributed by atoms with Gasteiger partial charge in [0.05, 0.1) is 12.5 Å². The molecule has 1 unspecified atom stereocenters. The van der Waals surface area contributed by atoms with Crippen LogP contribution in [0.1, 0.15) is 129 Å². The fourth-order valence-electron chi connectivity index (χ4n) is 4.39. The highest BCUT2D eigenvalue weighted by atomic mass is 127. The molecule has 0 aromatic heterocycles. The first-order chi connectivity index (χ1) is 17.3. The molecular formula is C29H57IN2O3S. The van der Waals surface area contributed by atoms with Crippen LogP contribution in [0.15, 0.2) is 11.6 Å². The molecule has 0 saturated heterocycles. The second kappa shape index (κ2) is 27.9. The number of carbonyl (C=O) groups excluding carboxylic acids is 1. The maximum absolute atomic E-state index is 12.1. The van der Waals surface area contributed by atoms with Crippen molar-refractivity contribution in [2.75, 3.05) is 32.2 Å². The van der Waals surface area contributed by atoms with Crippen LogP contribution in [-0.2, 0) is 9.47 Å². The highest BCUT2D eigenvalue weighted by molar-refractivity contribution is 14.0. The van der Waals surface area contributed by atoms with Gasteiger partial charge in [-0.3, -0.25) is 0 Å². The molecule has 1 heterocycles. The Balaban J connectivity index is 0.0000122. The molecule has 1 atom stereocenters. The van der Waals surface area contributed by atoms with E-state index in [1.807, 2.05) is 11.8 Å². The van der Waals surface area contributed by atoms with E-state index in [0.717, 1.165) is 51.1 Å². The minimum Gasteiger partial charge on any atom is -0.449 e. The largest absolute Gasteiger partial charge is 0.449 e. The molecule has 1 N–H and O–H groups in total. The fraction of sp³-hybridized carbons (Fsp3) is 0.897. The quantitative estimate of drug-likeness (QED) is 0.0797. The van der Waals surface area contributed by atoms with Gasteiger partial charge in [0.1, 0.15) is 0 Å². The molecule has 0 fully saturated rings. The second-order valence-corrected chi connectivity index (χ2v) is 10.8. The Morgan fingerprint density at radius 2 is 1.44 bits per heavy atom. The Morgan fingerprint density at radius 1 is 0.833 bits per heavy atom. The van der Waals surface area contributed by atoms with Crippen molar-refractivity contribution < 1.29 is 14.3 Å². The topological polar surface area (TPSA) is 50.8 Å². The average molecular weight is 641 g/mol. The van der Waals surface area contributed by atoms with Gasteiger partial charge in [-0.15, -0.1) is 35.7 Å². The van der Waals surface area contributed by atoms with E-state index >= 15 is 0 Å². The number of hydrogen-bond donors (Lipinski definition) is 1. The number of ether oxygens (including phenoxy) is 2. The number of amides is 1. The van der Waals surface area contributed by atoms with Crippen molar-refractivity contribution in [3.63, 3.8) is 0 Å². The predicted octanol–water partition coefficient (Wildman–Crippen LogP) is 9.25. The fourth-order valence-corrected chi connectivity index (χ4v) is 5.14. The monoisotopic (exact) mass is 640 g/mol. The van der Waals surface area contributed by atoms with Crippen LogP contribution in [0.4, 0.5) is 4.79 Å². The highest BCUT2D eigenvalue weighted by Crippen LogP contribution is 2.15. The van der Waals surface area contributed by atoms with Crippen LogP contribution >= 0.6 is 35.7 Å². The Morgan fingerprint density at radius 3 is 2.03 bits per heavy atom. The van der Waals surface area contributed by atoms with Crippen molar-refractivity contribution in [3.8, 4) is 0 Å². The van der Waals surface area contributed by atoms with Gasteiger partial charge in [0.2, 0.25) is 0 Å². The van der Waals surface area contributed by atoms with Gasteiger partial charge in [-0.25, -0.2) is 4.79 Å². The maximum atomic E-state index is 12.1.